The summed E-state index contributed by atoms with van der Waals surface area (Å²) in [5, 5.41) is 7.08. The Morgan fingerprint density at radius 1 is 1.03 bits per heavy atom. The van der Waals surface area contributed by atoms with Crippen molar-refractivity contribution in [2.75, 3.05) is 12.4 Å². The summed E-state index contributed by atoms with van der Waals surface area (Å²) < 4.78 is 5.33. The molecule has 0 spiro atoms. The number of amides is 1. The third-order valence-corrected chi connectivity index (χ3v) is 4.60. The topological polar surface area (TPSA) is 89.0 Å². The summed E-state index contributed by atoms with van der Waals surface area (Å²) in [4.78, 5) is 25.9. The van der Waals surface area contributed by atoms with Crippen LogP contribution in [0.2, 0.25) is 0 Å². The van der Waals surface area contributed by atoms with Gasteiger partial charge in [0.25, 0.3) is 5.91 Å². The number of anilines is 2. The Morgan fingerprint density at radius 3 is 2.73 bits per heavy atom. The monoisotopic (exact) mass is 399 g/mol. The van der Waals surface area contributed by atoms with E-state index in [1.165, 1.54) is 0 Å². The molecule has 0 atom stereocenters. The van der Waals surface area contributed by atoms with Crippen LogP contribution in [0.25, 0.3) is 10.9 Å². The van der Waals surface area contributed by atoms with Crippen molar-refractivity contribution in [2.45, 2.75) is 13.5 Å². The average Bonchev–Trinajstić information content (AvgIpc) is 2.77. The van der Waals surface area contributed by atoms with E-state index in [4.69, 9.17) is 4.74 Å². The van der Waals surface area contributed by atoms with Gasteiger partial charge in [0, 0.05) is 29.4 Å². The molecule has 0 saturated heterocycles. The zero-order valence-electron chi connectivity index (χ0n) is 16.7. The van der Waals surface area contributed by atoms with Crippen molar-refractivity contribution in [2.24, 2.45) is 0 Å². The fraction of sp³-hybridized carbons (Fsp3) is 0.130. The normalized spacial score (nSPS) is 10.6. The van der Waals surface area contributed by atoms with E-state index in [0.29, 0.717) is 18.2 Å². The van der Waals surface area contributed by atoms with Crippen molar-refractivity contribution in [1.82, 2.24) is 20.3 Å². The van der Waals surface area contributed by atoms with Crippen LogP contribution in [-0.2, 0) is 6.54 Å². The molecule has 7 heteroatoms. The first kappa shape index (κ1) is 19.3. The molecule has 4 aromatic rings. The molecule has 2 heterocycles. The number of carbonyl (C=O) groups excluding carboxylic acids is 1. The van der Waals surface area contributed by atoms with E-state index >= 15 is 0 Å². The summed E-state index contributed by atoms with van der Waals surface area (Å²) in [6, 6.07) is 18.9. The fourth-order valence-electron chi connectivity index (χ4n) is 3.18. The van der Waals surface area contributed by atoms with Gasteiger partial charge in [0.15, 0.2) is 0 Å². The Morgan fingerprint density at radius 2 is 1.87 bits per heavy atom. The number of benzene rings is 2. The lowest BCUT2D eigenvalue weighted by Gasteiger charge is -2.11. The number of para-hydroxylation sites is 2. The Kier molecular flexibility index (Phi) is 5.52. The minimum Gasteiger partial charge on any atom is -0.496 e. The lowest BCUT2D eigenvalue weighted by Crippen LogP contribution is -2.24. The quantitative estimate of drug-likeness (QED) is 0.509. The highest BCUT2D eigenvalue weighted by atomic mass is 16.5. The number of aromatic nitrogens is 3. The molecule has 1 amide bonds. The van der Waals surface area contributed by atoms with Crippen LogP contribution in [0.5, 0.6) is 5.75 Å². The third-order valence-electron chi connectivity index (χ3n) is 4.60. The standard InChI is InChI=1S/C23H21N5O2/c1-15-13-19(22(29)25-14-17-7-3-4-11-20(17)30-2)28-23(26-15)27-18-10-5-8-16-9-6-12-24-21(16)18/h3-13H,14H2,1-2H3,(H,25,29)(H,26,27,28). The molecule has 0 unspecified atom stereocenters. The van der Waals surface area contributed by atoms with Gasteiger partial charge in [0.2, 0.25) is 5.95 Å². The number of carbonyl (C=O) groups is 1. The van der Waals surface area contributed by atoms with Crippen LogP contribution in [0.4, 0.5) is 11.6 Å². The molecule has 7 nitrogen and oxygen atoms in total. The molecule has 2 N–H and O–H groups in total. The molecule has 0 saturated carbocycles. The number of nitrogens with one attached hydrogen (secondary N) is 2. The number of hydrogen-bond donors (Lipinski definition) is 2. The average molecular weight is 399 g/mol. The molecular weight excluding hydrogens is 378 g/mol. The molecule has 2 aromatic heterocycles. The molecule has 2 aromatic carbocycles. The van der Waals surface area contributed by atoms with E-state index in [0.717, 1.165) is 27.9 Å². The maximum absolute atomic E-state index is 12.7. The van der Waals surface area contributed by atoms with Gasteiger partial charge in [0.1, 0.15) is 11.4 Å². The second-order valence-electron chi connectivity index (χ2n) is 6.72. The van der Waals surface area contributed by atoms with Crippen LogP contribution in [0.15, 0.2) is 66.9 Å². The molecule has 0 aliphatic carbocycles. The summed E-state index contributed by atoms with van der Waals surface area (Å²) in [6.07, 6.45) is 1.74. The van der Waals surface area contributed by atoms with E-state index in [-0.39, 0.29) is 11.6 Å². The van der Waals surface area contributed by atoms with Crippen molar-refractivity contribution >= 4 is 28.4 Å². The maximum Gasteiger partial charge on any atom is 0.270 e. The van der Waals surface area contributed by atoms with E-state index < -0.39 is 0 Å². The van der Waals surface area contributed by atoms with Crippen molar-refractivity contribution < 1.29 is 9.53 Å². The number of pyridine rings is 1. The van der Waals surface area contributed by atoms with Crippen molar-refractivity contribution in [3.8, 4) is 5.75 Å². The molecule has 4 rings (SSSR count). The summed E-state index contributed by atoms with van der Waals surface area (Å²) in [7, 11) is 1.61. The fourth-order valence-corrected chi connectivity index (χ4v) is 3.18. The highest BCUT2D eigenvalue weighted by Crippen LogP contribution is 2.23. The van der Waals surface area contributed by atoms with Gasteiger partial charge in [-0.05, 0) is 31.2 Å². The Labute approximate surface area is 174 Å². The summed E-state index contributed by atoms with van der Waals surface area (Å²) in [6.45, 7) is 2.16. The lowest BCUT2D eigenvalue weighted by atomic mass is 10.2. The van der Waals surface area contributed by atoms with Gasteiger partial charge < -0.3 is 15.4 Å². The lowest BCUT2D eigenvalue weighted by molar-refractivity contribution is 0.0945. The predicted molar refractivity (Wildman–Crippen MR) is 116 cm³/mol. The maximum atomic E-state index is 12.7. The van der Waals surface area contributed by atoms with Crippen LogP contribution in [0.3, 0.4) is 0 Å². The van der Waals surface area contributed by atoms with Gasteiger partial charge >= 0.3 is 0 Å². The minimum atomic E-state index is -0.287. The number of aryl methyl sites for hydroxylation is 1. The SMILES string of the molecule is COc1ccccc1CNC(=O)c1cc(C)nc(Nc2cccc3cccnc23)n1. The molecule has 0 aliphatic rings. The van der Waals surface area contributed by atoms with Crippen LogP contribution >= 0.6 is 0 Å². The number of methoxy groups -OCH3 is 1. The van der Waals surface area contributed by atoms with Gasteiger partial charge in [0.05, 0.1) is 18.3 Å². The highest BCUT2D eigenvalue weighted by Gasteiger charge is 2.13. The number of ether oxygens (including phenoxy) is 1. The number of hydrogen-bond acceptors (Lipinski definition) is 6. The molecule has 0 aliphatic heterocycles. The molecule has 0 bridgehead atoms. The van der Waals surface area contributed by atoms with Gasteiger partial charge in [-0.1, -0.05) is 36.4 Å². The third kappa shape index (κ3) is 4.20. The predicted octanol–water partition coefficient (Wildman–Crippen LogP) is 4.02. The Balaban J connectivity index is 1.55. The van der Waals surface area contributed by atoms with Gasteiger partial charge in [-0.3, -0.25) is 9.78 Å². The van der Waals surface area contributed by atoms with Crippen molar-refractivity contribution in [3.05, 3.63) is 83.8 Å². The first-order valence-electron chi connectivity index (χ1n) is 9.50. The van der Waals surface area contributed by atoms with Crippen molar-refractivity contribution in [1.29, 1.82) is 0 Å². The van der Waals surface area contributed by atoms with E-state index in [1.807, 2.05) is 61.5 Å². The first-order chi connectivity index (χ1) is 14.6. The zero-order chi connectivity index (χ0) is 20.9. The smallest absolute Gasteiger partial charge is 0.270 e. The van der Waals surface area contributed by atoms with Crippen molar-refractivity contribution in [3.63, 3.8) is 0 Å². The molecule has 150 valence electrons. The number of fused-ring (bicyclic) bond motifs is 1. The van der Waals surface area contributed by atoms with Crippen LogP contribution in [0.1, 0.15) is 21.7 Å². The van der Waals surface area contributed by atoms with Gasteiger partial charge in [-0.25, -0.2) is 9.97 Å². The number of nitrogens with zero attached hydrogens (tertiary/aromatic N) is 3. The second-order valence-corrected chi connectivity index (χ2v) is 6.72. The Bertz CT molecular complexity index is 1200. The Hall–Kier alpha value is -4.00. The highest BCUT2D eigenvalue weighted by molar-refractivity contribution is 5.93. The molecular formula is C23H21N5O2. The van der Waals surface area contributed by atoms with Crippen LogP contribution in [0, 0.1) is 6.92 Å². The van der Waals surface area contributed by atoms with Crippen LogP contribution in [-0.4, -0.2) is 28.0 Å². The zero-order valence-corrected chi connectivity index (χ0v) is 16.7. The van der Waals surface area contributed by atoms with Gasteiger partial charge in [-0.2, -0.15) is 0 Å². The van der Waals surface area contributed by atoms with E-state index in [1.54, 1.807) is 19.4 Å². The number of rotatable bonds is 6. The first-order valence-corrected chi connectivity index (χ1v) is 9.50. The molecule has 0 fully saturated rings. The van der Waals surface area contributed by atoms with Gasteiger partial charge in [-0.15, -0.1) is 0 Å². The molecule has 0 radical (unpaired) electrons. The van der Waals surface area contributed by atoms with Crippen LogP contribution < -0.4 is 15.4 Å². The summed E-state index contributed by atoms with van der Waals surface area (Å²) in [5.74, 6) is 0.781. The second kappa shape index (κ2) is 8.57. The molecule has 30 heavy (non-hydrogen) atoms. The summed E-state index contributed by atoms with van der Waals surface area (Å²) in [5.41, 5.74) is 3.45. The largest absolute Gasteiger partial charge is 0.496 e. The minimum absolute atomic E-state index is 0.285. The van der Waals surface area contributed by atoms with E-state index in [2.05, 4.69) is 25.6 Å². The summed E-state index contributed by atoms with van der Waals surface area (Å²) >= 11 is 0. The van der Waals surface area contributed by atoms with E-state index in [9.17, 15) is 4.79 Å².